The smallest absolute Gasteiger partial charge is 0.334 e. The van der Waals surface area contributed by atoms with Crippen molar-refractivity contribution >= 4 is 11.5 Å². The zero-order valence-corrected chi connectivity index (χ0v) is 11.5. The van der Waals surface area contributed by atoms with Gasteiger partial charge in [0, 0.05) is 5.41 Å². The average molecular weight is 250 g/mol. The highest BCUT2D eigenvalue weighted by Gasteiger charge is 2.41. The molecule has 0 aliphatic carbocycles. The lowest BCUT2D eigenvalue weighted by Crippen LogP contribution is -2.30. The molecule has 0 spiro atoms. The standard InChI is InChI=1S/C14H22N2O2/c1-14(2,3)13(17)11(16-15)6-4-9-8-10-5-7-12(9)18-10/h9-10,12H,4-8H2,1-3H3. The molecule has 0 aromatic rings. The third-order valence-corrected chi connectivity index (χ3v) is 4.05. The van der Waals surface area contributed by atoms with Gasteiger partial charge < -0.3 is 10.3 Å². The van der Waals surface area contributed by atoms with Crippen LogP contribution in [0.3, 0.4) is 0 Å². The second-order valence-electron chi connectivity index (χ2n) is 6.53. The maximum Gasteiger partial charge on any atom is 0.334 e. The van der Waals surface area contributed by atoms with E-state index in [0.717, 1.165) is 19.3 Å². The third kappa shape index (κ3) is 2.70. The molecule has 2 bridgehead atoms. The minimum absolute atomic E-state index is 0.0610. The zero-order chi connectivity index (χ0) is 13.3. The SMILES string of the molecule is CC(C)(C)C(=O)C(CCC1CC2CCC1O2)=[N+]=[N-]. The van der Waals surface area contributed by atoms with Crippen molar-refractivity contribution in [2.75, 3.05) is 0 Å². The molecule has 0 amide bonds. The fourth-order valence-electron chi connectivity index (χ4n) is 3.01. The summed E-state index contributed by atoms with van der Waals surface area (Å²) >= 11 is 0. The topological polar surface area (TPSA) is 62.7 Å². The highest BCUT2D eigenvalue weighted by Crippen LogP contribution is 2.40. The highest BCUT2D eigenvalue weighted by atomic mass is 16.5. The lowest BCUT2D eigenvalue weighted by Gasteiger charge is -2.18. The van der Waals surface area contributed by atoms with Crippen molar-refractivity contribution in [3.8, 4) is 0 Å². The Morgan fingerprint density at radius 2 is 2.11 bits per heavy atom. The molecule has 4 heteroatoms. The van der Waals surface area contributed by atoms with E-state index in [0.29, 0.717) is 30.3 Å². The molecule has 0 aromatic carbocycles. The van der Waals surface area contributed by atoms with Crippen LogP contribution in [-0.2, 0) is 9.53 Å². The molecule has 2 fully saturated rings. The molecule has 0 aromatic heterocycles. The Morgan fingerprint density at radius 1 is 1.39 bits per heavy atom. The summed E-state index contributed by atoms with van der Waals surface area (Å²) in [6.45, 7) is 5.55. The molecule has 18 heavy (non-hydrogen) atoms. The fourth-order valence-corrected chi connectivity index (χ4v) is 3.01. The zero-order valence-electron chi connectivity index (χ0n) is 11.5. The Balaban J connectivity index is 1.89. The van der Waals surface area contributed by atoms with E-state index < -0.39 is 5.41 Å². The summed E-state index contributed by atoms with van der Waals surface area (Å²) in [6.07, 6.45) is 5.70. The summed E-state index contributed by atoms with van der Waals surface area (Å²) in [4.78, 5) is 15.2. The molecule has 2 aliphatic rings. The summed E-state index contributed by atoms with van der Waals surface area (Å²) in [7, 11) is 0. The van der Waals surface area contributed by atoms with Crippen molar-refractivity contribution in [2.45, 2.75) is 65.1 Å². The molecule has 100 valence electrons. The number of nitrogens with zero attached hydrogens (tertiary/aromatic N) is 2. The van der Waals surface area contributed by atoms with Crippen LogP contribution in [0.4, 0.5) is 0 Å². The second kappa shape index (κ2) is 4.94. The van der Waals surface area contributed by atoms with E-state index in [9.17, 15) is 4.79 Å². The van der Waals surface area contributed by atoms with Crippen LogP contribution < -0.4 is 0 Å². The number of rotatable bonds is 4. The van der Waals surface area contributed by atoms with Crippen LogP contribution >= 0.6 is 0 Å². The summed E-state index contributed by atoms with van der Waals surface area (Å²) in [6, 6.07) is 0. The molecule has 3 atom stereocenters. The Hall–Kier alpha value is -0.990. The van der Waals surface area contributed by atoms with Gasteiger partial charge in [0.1, 0.15) is 0 Å². The second-order valence-corrected chi connectivity index (χ2v) is 6.53. The van der Waals surface area contributed by atoms with Crippen molar-refractivity contribution in [1.29, 1.82) is 0 Å². The summed E-state index contributed by atoms with van der Waals surface area (Å²) < 4.78 is 5.79. The molecule has 2 aliphatic heterocycles. The third-order valence-electron chi connectivity index (χ3n) is 4.05. The normalized spacial score (nSPS) is 30.3. The number of carbonyl (C=O) groups is 1. The van der Waals surface area contributed by atoms with Gasteiger partial charge in [-0.3, -0.25) is 4.79 Å². The van der Waals surface area contributed by atoms with Crippen LogP contribution in [0.2, 0.25) is 0 Å². The van der Waals surface area contributed by atoms with Crippen molar-refractivity contribution in [1.82, 2.24) is 0 Å². The highest BCUT2D eigenvalue weighted by molar-refractivity contribution is 6.39. The first-order valence-corrected chi connectivity index (χ1v) is 6.83. The molecule has 3 unspecified atom stereocenters. The largest absolute Gasteiger partial charge is 0.375 e. The number of fused-ring (bicyclic) bond motifs is 2. The maximum atomic E-state index is 12.0. The van der Waals surface area contributed by atoms with E-state index in [4.69, 9.17) is 10.3 Å². The van der Waals surface area contributed by atoms with Gasteiger partial charge >= 0.3 is 5.71 Å². The van der Waals surface area contributed by atoms with Crippen LogP contribution in [0.5, 0.6) is 0 Å². The lowest BCUT2D eigenvalue weighted by molar-refractivity contribution is -0.124. The Labute approximate surface area is 108 Å². The number of hydrogen-bond acceptors (Lipinski definition) is 2. The molecular weight excluding hydrogens is 228 g/mol. The van der Waals surface area contributed by atoms with Gasteiger partial charge in [0.15, 0.2) is 0 Å². The average Bonchev–Trinajstić information content (AvgIpc) is 2.90. The molecule has 0 radical (unpaired) electrons. The van der Waals surface area contributed by atoms with E-state index in [1.165, 1.54) is 6.42 Å². The lowest BCUT2D eigenvalue weighted by atomic mass is 9.82. The first kappa shape index (κ1) is 13.4. The first-order valence-electron chi connectivity index (χ1n) is 6.83. The van der Waals surface area contributed by atoms with Gasteiger partial charge in [0.25, 0.3) is 0 Å². The van der Waals surface area contributed by atoms with Crippen LogP contribution in [-0.4, -0.2) is 28.5 Å². The molecule has 4 nitrogen and oxygen atoms in total. The van der Waals surface area contributed by atoms with Crippen molar-refractivity contribution in [2.24, 2.45) is 11.3 Å². The predicted octanol–water partition coefficient (Wildman–Crippen LogP) is 2.62. The van der Waals surface area contributed by atoms with E-state index in [2.05, 4.69) is 4.79 Å². The minimum Gasteiger partial charge on any atom is -0.375 e. The molecule has 2 heterocycles. The van der Waals surface area contributed by atoms with Gasteiger partial charge in [-0.25, -0.2) is 0 Å². The van der Waals surface area contributed by atoms with Gasteiger partial charge in [0.2, 0.25) is 5.78 Å². The molecule has 0 saturated carbocycles. The van der Waals surface area contributed by atoms with Crippen molar-refractivity contribution in [3.63, 3.8) is 0 Å². The molecule has 0 N–H and O–H groups in total. The van der Waals surface area contributed by atoms with Crippen LogP contribution in [0, 0.1) is 11.3 Å². The fraction of sp³-hybridized carbons (Fsp3) is 0.857. The molecule has 2 rings (SSSR count). The molecular formula is C14H22N2O2. The Kier molecular flexibility index (Phi) is 3.69. The van der Waals surface area contributed by atoms with E-state index in [-0.39, 0.29) is 5.78 Å². The number of hydrogen-bond donors (Lipinski definition) is 0. The predicted molar refractivity (Wildman–Crippen MR) is 68.3 cm³/mol. The monoisotopic (exact) mass is 250 g/mol. The summed E-state index contributed by atoms with van der Waals surface area (Å²) in [5.74, 6) is 0.474. The van der Waals surface area contributed by atoms with E-state index >= 15 is 0 Å². The van der Waals surface area contributed by atoms with Gasteiger partial charge in [-0.1, -0.05) is 20.8 Å². The van der Waals surface area contributed by atoms with Crippen LogP contribution in [0.15, 0.2) is 0 Å². The van der Waals surface area contributed by atoms with Crippen LogP contribution in [0.25, 0.3) is 5.53 Å². The number of ketones is 1. The number of Topliss-reactive ketones (excluding diaryl/α,β-unsaturated/α-hetero) is 1. The van der Waals surface area contributed by atoms with E-state index in [1.54, 1.807) is 0 Å². The van der Waals surface area contributed by atoms with Gasteiger partial charge in [-0.15, -0.1) is 0 Å². The van der Waals surface area contributed by atoms with Crippen LogP contribution in [0.1, 0.15) is 52.9 Å². The number of ether oxygens (including phenoxy) is 1. The quantitative estimate of drug-likeness (QED) is 0.437. The molecule has 2 saturated heterocycles. The minimum atomic E-state index is -0.479. The first-order chi connectivity index (χ1) is 8.41. The van der Waals surface area contributed by atoms with Gasteiger partial charge in [0.05, 0.1) is 18.6 Å². The summed E-state index contributed by atoms with van der Waals surface area (Å²) in [5.41, 5.74) is 8.83. The van der Waals surface area contributed by atoms with Gasteiger partial charge in [-0.05, 0) is 31.6 Å². The van der Waals surface area contributed by atoms with E-state index in [1.807, 2.05) is 20.8 Å². The van der Waals surface area contributed by atoms with Crippen molar-refractivity contribution < 1.29 is 14.3 Å². The van der Waals surface area contributed by atoms with Crippen molar-refractivity contribution in [3.05, 3.63) is 5.53 Å². The maximum absolute atomic E-state index is 12.0. The summed E-state index contributed by atoms with van der Waals surface area (Å²) in [5, 5.41) is 0. The Morgan fingerprint density at radius 3 is 2.56 bits per heavy atom. The Bertz CT molecular complexity index is 391. The number of carbonyl (C=O) groups excluding carboxylic acids is 1. The van der Waals surface area contributed by atoms with Gasteiger partial charge in [-0.2, -0.15) is 4.79 Å².